The van der Waals surface area contributed by atoms with Crippen molar-refractivity contribution in [1.29, 1.82) is 0 Å². The summed E-state index contributed by atoms with van der Waals surface area (Å²) in [4.78, 5) is 68.4. The SMILES string of the molecule is CC(C)(C)C(=O)OCOC(=O)C1=C(COC(=O)NN2CCC2)CS[C@@H]2C(NC(=O)/C(=N\O)c3csc(N)n3)C(=O)N12. The van der Waals surface area contributed by atoms with Gasteiger partial charge in [0.1, 0.15) is 29.4 Å². The van der Waals surface area contributed by atoms with E-state index in [1.54, 1.807) is 25.8 Å². The summed E-state index contributed by atoms with van der Waals surface area (Å²) < 4.78 is 15.4. The van der Waals surface area contributed by atoms with Gasteiger partial charge in [0, 0.05) is 29.8 Å². The van der Waals surface area contributed by atoms with E-state index in [0.29, 0.717) is 13.1 Å². The number of thiazole rings is 1. The topological polar surface area (TPSA) is 215 Å². The van der Waals surface area contributed by atoms with Crippen molar-refractivity contribution in [3.8, 4) is 0 Å². The number of ether oxygens (including phenoxy) is 3. The summed E-state index contributed by atoms with van der Waals surface area (Å²) in [6, 6.07) is -1.08. The summed E-state index contributed by atoms with van der Waals surface area (Å²) in [5, 5.41) is 17.3. The molecular weight excluding hydrogens is 582 g/mol. The number of hydrazine groups is 1. The molecule has 0 aliphatic carbocycles. The maximum absolute atomic E-state index is 13.2. The molecule has 2 atom stereocenters. The van der Waals surface area contributed by atoms with Crippen LogP contribution in [0.5, 0.6) is 0 Å². The van der Waals surface area contributed by atoms with Crippen LogP contribution < -0.4 is 16.5 Å². The average molecular weight is 612 g/mol. The van der Waals surface area contributed by atoms with Crippen LogP contribution in [0.15, 0.2) is 21.8 Å². The number of hydrogen-bond donors (Lipinski definition) is 4. The van der Waals surface area contributed by atoms with Gasteiger partial charge in [0.25, 0.3) is 11.8 Å². The number of oxime groups is 1. The predicted molar refractivity (Wildman–Crippen MR) is 144 cm³/mol. The van der Waals surface area contributed by atoms with E-state index in [4.69, 9.17) is 19.9 Å². The van der Waals surface area contributed by atoms with Crippen molar-refractivity contribution in [3.63, 3.8) is 0 Å². The molecule has 4 heterocycles. The van der Waals surface area contributed by atoms with Crippen LogP contribution in [0.4, 0.5) is 9.93 Å². The summed E-state index contributed by atoms with van der Waals surface area (Å²) in [6.45, 7) is 5.25. The van der Waals surface area contributed by atoms with Crippen LogP contribution in [0.25, 0.3) is 0 Å². The second-order valence-electron chi connectivity index (χ2n) is 10.1. The van der Waals surface area contributed by atoms with Gasteiger partial charge in [-0.25, -0.2) is 19.6 Å². The van der Waals surface area contributed by atoms with E-state index in [-0.39, 0.29) is 34.5 Å². The highest BCUT2D eigenvalue weighted by atomic mass is 32.2. The van der Waals surface area contributed by atoms with Crippen LogP contribution >= 0.6 is 23.1 Å². The third-order valence-electron chi connectivity index (χ3n) is 6.08. The van der Waals surface area contributed by atoms with E-state index in [0.717, 1.165) is 22.7 Å². The number of rotatable bonds is 9. The number of carbonyl (C=O) groups excluding carboxylic acids is 5. The third kappa shape index (κ3) is 6.71. The number of fused-ring (bicyclic) bond motifs is 1. The van der Waals surface area contributed by atoms with Crippen LogP contribution in [0, 0.1) is 5.41 Å². The lowest BCUT2D eigenvalue weighted by Crippen LogP contribution is -2.71. The van der Waals surface area contributed by atoms with Crippen molar-refractivity contribution in [1.82, 2.24) is 25.6 Å². The first-order valence-electron chi connectivity index (χ1n) is 12.3. The molecule has 2 saturated heterocycles. The van der Waals surface area contributed by atoms with Gasteiger partial charge in [0.2, 0.25) is 6.79 Å². The molecule has 222 valence electrons. The van der Waals surface area contributed by atoms with Gasteiger partial charge < -0.3 is 30.5 Å². The molecule has 0 spiro atoms. The monoisotopic (exact) mass is 611 g/mol. The number of thioether (sulfide) groups is 1. The molecule has 2 fully saturated rings. The van der Waals surface area contributed by atoms with Gasteiger partial charge in [-0.3, -0.25) is 24.7 Å². The lowest BCUT2D eigenvalue weighted by atomic mass is 9.98. The van der Waals surface area contributed by atoms with Gasteiger partial charge in [-0.15, -0.1) is 23.1 Å². The molecule has 0 bridgehead atoms. The van der Waals surface area contributed by atoms with Crippen LogP contribution in [-0.4, -0.2) is 99.3 Å². The van der Waals surface area contributed by atoms with E-state index in [1.807, 2.05) is 0 Å². The summed E-state index contributed by atoms with van der Waals surface area (Å²) in [5.41, 5.74) is 7.00. The molecule has 41 heavy (non-hydrogen) atoms. The second kappa shape index (κ2) is 12.3. The van der Waals surface area contributed by atoms with Crippen molar-refractivity contribution < 1.29 is 43.4 Å². The highest BCUT2D eigenvalue weighted by Crippen LogP contribution is 2.41. The molecule has 1 aromatic heterocycles. The first kappa shape index (κ1) is 30.1. The number of nitrogens with one attached hydrogen (secondary N) is 2. The molecule has 1 aromatic rings. The highest BCUT2D eigenvalue weighted by molar-refractivity contribution is 8.00. The molecule has 0 saturated carbocycles. The maximum atomic E-state index is 13.2. The largest absolute Gasteiger partial charge is 0.444 e. The summed E-state index contributed by atoms with van der Waals surface area (Å²) in [5.74, 6) is -2.98. The highest BCUT2D eigenvalue weighted by Gasteiger charge is 2.55. The molecule has 0 aromatic carbocycles. The van der Waals surface area contributed by atoms with Crippen molar-refractivity contribution in [2.45, 2.75) is 38.6 Å². The lowest BCUT2D eigenvalue weighted by Gasteiger charge is -2.49. The minimum Gasteiger partial charge on any atom is -0.444 e. The predicted octanol–water partition coefficient (Wildman–Crippen LogP) is -0.00550. The third-order valence-corrected chi connectivity index (χ3v) is 8.10. The van der Waals surface area contributed by atoms with E-state index in [2.05, 4.69) is 20.9 Å². The van der Waals surface area contributed by atoms with Gasteiger partial charge in [-0.1, -0.05) is 5.16 Å². The van der Waals surface area contributed by atoms with Crippen LogP contribution in [-0.2, 0) is 33.4 Å². The fraction of sp³-hybridized carbons (Fsp3) is 0.522. The average Bonchev–Trinajstić information content (AvgIpc) is 3.32. The van der Waals surface area contributed by atoms with Crippen LogP contribution in [0.2, 0.25) is 0 Å². The Morgan fingerprint density at radius 2 is 1.95 bits per heavy atom. The fourth-order valence-electron chi connectivity index (χ4n) is 3.77. The Labute approximate surface area is 242 Å². The maximum Gasteiger partial charge on any atom is 0.422 e. The van der Waals surface area contributed by atoms with E-state index >= 15 is 0 Å². The Balaban J connectivity index is 1.47. The molecule has 3 aliphatic rings. The number of anilines is 1. The van der Waals surface area contributed by atoms with Crippen molar-refractivity contribution in [2.24, 2.45) is 10.6 Å². The zero-order valence-electron chi connectivity index (χ0n) is 22.4. The first-order valence-corrected chi connectivity index (χ1v) is 14.3. The quantitative estimate of drug-likeness (QED) is 0.0723. The van der Waals surface area contributed by atoms with E-state index in [1.165, 1.54) is 17.1 Å². The molecule has 3 amide bonds. The van der Waals surface area contributed by atoms with Crippen molar-refractivity contribution in [2.75, 3.05) is 38.0 Å². The number of aromatic nitrogens is 1. The molecular formula is C23H29N7O9S2. The Bertz CT molecular complexity index is 1300. The fourth-order valence-corrected chi connectivity index (χ4v) is 5.64. The Hall–Kier alpha value is -3.90. The number of nitrogens with two attached hydrogens (primary N) is 1. The van der Waals surface area contributed by atoms with Gasteiger partial charge in [0.15, 0.2) is 10.8 Å². The minimum absolute atomic E-state index is 0.0253. The van der Waals surface area contributed by atoms with E-state index < -0.39 is 59.2 Å². The zero-order valence-corrected chi connectivity index (χ0v) is 24.0. The molecule has 18 heteroatoms. The number of amides is 3. The standard InChI is InChI=1S/C23H29N7O9S2/c1-23(2,3)20(34)39-10-38-19(33)15-11(7-37-22(35)27-29-5-4-6-29)8-40-18-14(17(32)30(15)18)26-16(31)13(28-36)12-9-41-21(24)25-12/h9,14,18,36H,4-8,10H2,1-3H3,(H2,24,25)(H,26,31)(H,27,35)/b28-13-/t14?,18-/m1/s1. The smallest absolute Gasteiger partial charge is 0.422 e. The Morgan fingerprint density at radius 3 is 2.54 bits per heavy atom. The number of nitrogen functional groups attached to an aromatic ring is 1. The van der Waals surface area contributed by atoms with E-state index in [9.17, 15) is 29.2 Å². The number of carbonyl (C=O) groups is 5. The van der Waals surface area contributed by atoms with Gasteiger partial charge >= 0.3 is 18.0 Å². The minimum atomic E-state index is -1.08. The molecule has 16 nitrogen and oxygen atoms in total. The number of esters is 2. The van der Waals surface area contributed by atoms with Gasteiger partial charge in [-0.05, 0) is 27.2 Å². The normalized spacial score (nSPS) is 20.8. The molecule has 5 N–H and O–H groups in total. The van der Waals surface area contributed by atoms with Gasteiger partial charge in [-0.2, -0.15) is 0 Å². The summed E-state index contributed by atoms with van der Waals surface area (Å²) >= 11 is 2.24. The number of hydrogen-bond acceptors (Lipinski definition) is 15. The molecule has 1 unspecified atom stereocenters. The van der Waals surface area contributed by atoms with Crippen LogP contribution in [0.1, 0.15) is 32.9 Å². The number of nitrogens with zero attached hydrogens (tertiary/aromatic N) is 4. The number of β-lactam (4-membered cyclic amide) rings is 1. The summed E-state index contributed by atoms with van der Waals surface area (Å²) in [7, 11) is 0. The lowest BCUT2D eigenvalue weighted by molar-refractivity contribution is -0.173. The summed E-state index contributed by atoms with van der Waals surface area (Å²) in [6.07, 6.45) is 0.215. The molecule has 3 aliphatic heterocycles. The molecule has 0 radical (unpaired) electrons. The van der Waals surface area contributed by atoms with Crippen molar-refractivity contribution in [3.05, 3.63) is 22.3 Å². The zero-order chi connectivity index (χ0) is 29.9. The Morgan fingerprint density at radius 1 is 1.22 bits per heavy atom. The first-order chi connectivity index (χ1) is 19.4. The van der Waals surface area contributed by atoms with Crippen LogP contribution in [0.3, 0.4) is 0 Å². The van der Waals surface area contributed by atoms with Crippen molar-refractivity contribution >= 4 is 63.8 Å². The van der Waals surface area contributed by atoms with Gasteiger partial charge in [0.05, 0.1) is 5.41 Å². The molecule has 4 rings (SSSR count). The second-order valence-corrected chi connectivity index (χ2v) is 12.1. The Kier molecular flexibility index (Phi) is 9.03.